The Morgan fingerprint density at radius 2 is 0.591 bits per heavy atom. The van der Waals surface area contributed by atoms with E-state index in [0.29, 0.717) is 0 Å². The summed E-state index contributed by atoms with van der Waals surface area (Å²) in [6.45, 7) is -3.56. The first kappa shape index (κ1) is 37.5. The van der Waals surface area contributed by atoms with Crippen molar-refractivity contribution in [2.75, 3.05) is 26.4 Å². The van der Waals surface area contributed by atoms with Gasteiger partial charge in [-0.3, -0.25) is 0 Å². The molecule has 0 amide bonds. The van der Waals surface area contributed by atoms with E-state index in [1.54, 1.807) is 0 Å². The molecule has 0 bridgehead atoms. The van der Waals surface area contributed by atoms with E-state index < -0.39 is 50.3 Å². The van der Waals surface area contributed by atoms with E-state index in [4.69, 9.17) is 60.0 Å². The first-order valence-electron chi connectivity index (χ1n) is 4.31. The first-order valence-corrected chi connectivity index (χ1v) is 4.31. The molecule has 0 unspecified atom stereocenters. The average Bonchev–Trinajstić information content (AvgIpc) is 2.40. The standard InChI is InChI=1S/4C2H4O3.Al.Na/c4*3-1-2(4)5;;/h4*3H,1H2,(H,4,5);;/q;;;;+3;+1/p-4. The number of aliphatic hydroxyl groups excluding tert-OH is 4. The Morgan fingerprint density at radius 3 is 0.591 bits per heavy atom. The number of aliphatic hydroxyl groups is 4. The Hall–Kier alpha value is -0.748. The Balaban J connectivity index is -0.0000000376. The number of carboxylic acid groups (broad SMARTS) is 4. The maximum atomic E-state index is 9.01. The molecule has 22 heavy (non-hydrogen) atoms. The predicted molar refractivity (Wildman–Crippen MR) is 54.1 cm³/mol. The summed E-state index contributed by atoms with van der Waals surface area (Å²) >= 11 is 0. The maximum absolute atomic E-state index is 9.01. The quantitative estimate of drug-likeness (QED) is 0.345. The maximum Gasteiger partial charge on any atom is 3.00 e. The van der Waals surface area contributed by atoms with Crippen molar-refractivity contribution < 1.29 is 89.6 Å². The molecule has 0 aliphatic carbocycles. The minimum Gasteiger partial charge on any atom is -0.548 e. The summed E-state index contributed by atoms with van der Waals surface area (Å²) in [6.07, 6.45) is 0. The summed E-state index contributed by atoms with van der Waals surface area (Å²) in [6, 6.07) is 0. The van der Waals surface area contributed by atoms with Gasteiger partial charge < -0.3 is 60.0 Å². The molecule has 0 aromatic heterocycles. The molecule has 0 saturated carbocycles. The van der Waals surface area contributed by atoms with Gasteiger partial charge in [-0.2, -0.15) is 0 Å². The minimum atomic E-state index is -1.44. The monoisotopic (exact) mass is 350 g/mol. The van der Waals surface area contributed by atoms with Gasteiger partial charge >= 0.3 is 46.9 Å². The van der Waals surface area contributed by atoms with Gasteiger partial charge in [0.15, 0.2) is 0 Å². The summed E-state index contributed by atoms with van der Waals surface area (Å²) in [7, 11) is 0. The number of aliphatic carboxylic acids is 4. The van der Waals surface area contributed by atoms with E-state index in [1.807, 2.05) is 0 Å². The Morgan fingerprint density at radius 1 is 0.545 bits per heavy atom. The molecular formula is C8H12AlNaO12. The zero-order chi connectivity index (χ0) is 17.1. The summed E-state index contributed by atoms with van der Waals surface area (Å²) in [5.74, 6) is -5.76. The fourth-order valence-electron chi connectivity index (χ4n) is 0. The number of carbonyl (C=O) groups is 4. The third-order valence-electron chi connectivity index (χ3n) is 0.516. The molecule has 0 spiro atoms. The van der Waals surface area contributed by atoms with Crippen LogP contribution in [0.2, 0.25) is 0 Å². The van der Waals surface area contributed by atoms with E-state index in [0.717, 1.165) is 0 Å². The van der Waals surface area contributed by atoms with E-state index in [-0.39, 0.29) is 46.9 Å². The van der Waals surface area contributed by atoms with Crippen LogP contribution in [0.15, 0.2) is 0 Å². The first-order chi connectivity index (χ1) is 9.08. The number of rotatable bonds is 4. The van der Waals surface area contributed by atoms with E-state index >= 15 is 0 Å². The molecule has 120 valence electrons. The van der Waals surface area contributed by atoms with Crippen LogP contribution in [0.5, 0.6) is 0 Å². The van der Waals surface area contributed by atoms with Gasteiger partial charge in [-0.25, -0.2) is 0 Å². The largest absolute Gasteiger partial charge is 3.00 e. The second-order valence-corrected chi connectivity index (χ2v) is 2.12. The molecule has 0 aliphatic rings. The predicted octanol–water partition coefficient (Wildman–Crippen LogP) is -12.5. The van der Waals surface area contributed by atoms with Crippen molar-refractivity contribution >= 4 is 41.2 Å². The van der Waals surface area contributed by atoms with Crippen LogP contribution in [0.4, 0.5) is 0 Å². The molecule has 0 heterocycles. The van der Waals surface area contributed by atoms with E-state index in [9.17, 15) is 0 Å². The summed E-state index contributed by atoms with van der Waals surface area (Å²) in [5, 5.41) is 66.0. The molecule has 0 atom stereocenters. The van der Waals surface area contributed by atoms with Crippen LogP contribution in [-0.4, -0.2) is 88.1 Å². The van der Waals surface area contributed by atoms with Crippen LogP contribution >= 0.6 is 0 Å². The fourth-order valence-corrected chi connectivity index (χ4v) is 0. The van der Waals surface area contributed by atoms with Gasteiger partial charge in [0.2, 0.25) is 0 Å². The van der Waals surface area contributed by atoms with Crippen molar-refractivity contribution in [2.45, 2.75) is 0 Å². The van der Waals surface area contributed by atoms with Crippen LogP contribution in [-0.2, 0) is 19.2 Å². The fraction of sp³-hybridized carbons (Fsp3) is 0.500. The van der Waals surface area contributed by atoms with Crippen molar-refractivity contribution in [1.29, 1.82) is 0 Å². The second-order valence-electron chi connectivity index (χ2n) is 2.12. The Labute approximate surface area is 157 Å². The number of hydrogen-bond acceptors (Lipinski definition) is 12. The summed E-state index contributed by atoms with van der Waals surface area (Å²) in [4.78, 5) is 36.0. The Bertz CT molecular complexity index is 228. The van der Waals surface area contributed by atoms with Gasteiger partial charge in [0.25, 0.3) is 0 Å². The van der Waals surface area contributed by atoms with E-state index in [1.165, 1.54) is 0 Å². The topological polar surface area (TPSA) is 241 Å². The van der Waals surface area contributed by atoms with Crippen molar-refractivity contribution in [3.63, 3.8) is 0 Å². The van der Waals surface area contributed by atoms with Gasteiger partial charge in [0.05, 0.1) is 50.3 Å². The van der Waals surface area contributed by atoms with Gasteiger partial charge in [-0.1, -0.05) is 0 Å². The third-order valence-corrected chi connectivity index (χ3v) is 0.516. The molecule has 0 rings (SSSR count). The van der Waals surface area contributed by atoms with Crippen LogP contribution in [0.3, 0.4) is 0 Å². The number of hydrogen-bond donors (Lipinski definition) is 4. The molecule has 0 fully saturated rings. The van der Waals surface area contributed by atoms with Gasteiger partial charge in [0.1, 0.15) is 0 Å². The third kappa shape index (κ3) is 122. The van der Waals surface area contributed by atoms with Gasteiger partial charge in [0, 0.05) is 0 Å². The summed E-state index contributed by atoms with van der Waals surface area (Å²) < 4.78 is 0. The molecule has 0 aliphatic heterocycles. The van der Waals surface area contributed by atoms with Crippen molar-refractivity contribution in [2.24, 2.45) is 0 Å². The molecule has 14 heteroatoms. The van der Waals surface area contributed by atoms with Gasteiger partial charge in [-0.15, -0.1) is 0 Å². The van der Waals surface area contributed by atoms with Crippen LogP contribution in [0.25, 0.3) is 0 Å². The molecule has 0 aromatic rings. The second kappa shape index (κ2) is 32.3. The normalized spacial score (nSPS) is 6.73. The molecule has 4 N–H and O–H groups in total. The molecule has 12 nitrogen and oxygen atoms in total. The molecule has 0 saturated heterocycles. The SMILES string of the molecule is O=C([O-])CO.O=C([O-])CO.O=C([O-])CO.O=C([O-])CO.[Al+3].[Na+]. The van der Waals surface area contributed by atoms with Crippen LogP contribution < -0.4 is 50.0 Å². The van der Waals surface area contributed by atoms with Crippen molar-refractivity contribution in [3.05, 3.63) is 0 Å². The number of carbonyl (C=O) groups excluding carboxylic acids is 4. The molecule has 0 radical (unpaired) electrons. The van der Waals surface area contributed by atoms with Crippen molar-refractivity contribution in [1.82, 2.24) is 0 Å². The smallest absolute Gasteiger partial charge is 0.548 e. The molecular weight excluding hydrogens is 338 g/mol. The average molecular weight is 350 g/mol. The minimum absolute atomic E-state index is 0. The van der Waals surface area contributed by atoms with Gasteiger partial charge in [-0.05, 0) is 0 Å². The van der Waals surface area contributed by atoms with Crippen molar-refractivity contribution in [3.8, 4) is 0 Å². The van der Waals surface area contributed by atoms with Crippen LogP contribution in [0, 0.1) is 0 Å². The van der Waals surface area contributed by atoms with Crippen LogP contribution in [0.1, 0.15) is 0 Å². The number of carboxylic acids is 4. The summed E-state index contributed by atoms with van der Waals surface area (Å²) in [5.41, 5.74) is 0. The zero-order valence-electron chi connectivity index (χ0n) is 11.5. The van der Waals surface area contributed by atoms with E-state index in [2.05, 4.69) is 0 Å². The zero-order valence-corrected chi connectivity index (χ0v) is 14.6. The molecule has 0 aromatic carbocycles. The Kier molecular flexibility index (Phi) is 55.0.